The van der Waals surface area contributed by atoms with E-state index < -0.39 is 12.1 Å². The molecule has 1 aliphatic heterocycles. The van der Waals surface area contributed by atoms with Crippen LogP contribution in [0.2, 0.25) is 0 Å². The predicted octanol–water partition coefficient (Wildman–Crippen LogP) is 2.94. The molecule has 0 spiro atoms. The van der Waals surface area contributed by atoms with Crippen LogP contribution >= 0.6 is 0 Å². The van der Waals surface area contributed by atoms with Crippen molar-refractivity contribution in [3.05, 3.63) is 0 Å². The van der Waals surface area contributed by atoms with E-state index in [1.54, 1.807) is 0 Å². The quantitative estimate of drug-likeness (QED) is 0.808. The van der Waals surface area contributed by atoms with Crippen molar-refractivity contribution < 1.29 is 18.0 Å². The first kappa shape index (κ1) is 16.1. The number of carbonyl (C=O) groups excluding carboxylic acids is 1. The van der Waals surface area contributed by atoms with Crippen LogP contribution in [-0.4, -0.2) is 36.1 Å². The Balaban J connectivity index is 1.64. The van der Waals surface area contributed by atoms with Gasteiger partial charge in [0.25, 0.3) is 0 Å². The Kier molecular flexibility index (Phi) is 4.40. The highest BCUT2D eigenvalue weighted by Crippen LogP contribution is 2.43. The van der Waals surface area contributed by atoms with E-state index in [1.165, 1.54) is 11.3 Å². The standard InChI is InChI=1S/C16H25F3N2O/c17-16(18,19)13-5-2-6-21(9-13)15(22)12-7-10-3-1-4-11(8-12)14(10)20/h10-14H,1-9,20H2. The van der Waals surface area contributed by atoms with Crippen molar-refractivity contribution in [2.24, 2.45) is 29.4 Å². The summed E-state index contributed by atoms with van der Waals surface area (Å²) in [6, 6.07) is 0.182. The molecule has 3 fully saturated rings. The average molecular weight is 318 g/mol. The third-order valence-electron chi connectivity index (χ3n) is 5.96. The lowest BCUT2D eigenvalue weighted by atomic mass is 9.65. The van der Waals surface area contributed by atoms with Crippen LogP contribution < -0.4 is 5.73 Å². The molecule has 3 unspecified atom stereocenters. The number of halogens is 3. The van der Waals surface area contributed by atoms with Gasteiger partial charge in [0, 0.05) is 25.0 Å². The molecule has 2 aliphatic carbocycles. The zero-order chi connectivity index (χ0) is 15.9. The Morgan fingerprint density at radius 2 is 1.68 bits per heavy atom. The number of piperidine rings is 1. The van der Waals surface area contributed by atoms with Gasteiger partial charge in [-0.05, 0) is 50.4 Å². The molecule has 0 radical (unpaired) electrons. The van der Waals surface area contributed by atoms with Crippen LogP contribution in [0.3, 0.4) is 0 Å². The lowest BCUT2D eigenvalue weighted by molar-refractivity contribution is -0.189. The lowest BCUT2D eigenvalue weighted by Gasteiger charge is -2.45. The zero-order valence-corrected chi connectivity index (χ0v) is 12.8. The molecule has 1 saturated heterocycles. The van der Waals surface area contributed by atoms with Gasteiger partial charge in [-0.2, -0.15) is 13.2 Å². The number of rotatable bonds is 1. The van der Waals surface area contributed by atoms with E-state index in [-0.39, 0.29) is 30.8 Å². The molecule has 1 heterocycles. The van der Waals surface area contributed by atoms with Crippen LogP contribution in [0.5, 0.6) is 0 Å². The molecule has 2 N–H and O–H groups in total. The fourth-order valence-corrected chi connectivity index (χ4v) is 4.69. The van der Waals surface area contributed by atoms with E-state index in [1.807, 2.05) is 0 Å². The van der Waals surface area contributed by atoms with Crippen molar-refractivity contribution in [1.82, 2.24) is 4.90 Å². The van der Waals surface area contributed by atoms with Crippen LogP contribution in [0.15, 0.2) is 0 Å². The summed E-state index contributed by atoms with van der Waals surface area (Å²) >= 11 is 0. The summed E-state index contributed by atoms with van der Waals surface area (Å²) in [5.41, 5.74) is 6.23. The molecule has 3 rings (SSSR count). The molecule has 3 atom stereocenters. The molecule has 0 aromatic rings. The van der Waals surface area contributed by atoms with Crippen molar-refractivity contribution in [1.29, 1.82) is 0 Å². The normalized spacial score (nSPS) is 39.6. The van der Waals surface area contributed by atoms with E-state index in [0.29, 0.717) is 24.8 Å². The molecule has 2 bridgehead atoms. The lowest BCUT2D eigenvalue weighted by Crippen LogP contribution is -2.52. The maximum atomic E-state index is 12.9. The topological polar surface area (TPSA) is 46.3 Å². The van der Waals surface area contributed by atoms with Gasteiger partial charge in [0.05, 0.1) is 5.92 Å². The van der Waals surface area contributed by atoms with E-state index >= 15 is 0 Å². The van der Waals surface area contributed by atoms with Gasteiger partial charge in [-0.1, -0.05) is 6.42 Å². The van der Waals surface area contributed by atoms with Crippen LogP contribution in [0.1, 0.15) is 44.9 Å². The molecule has 2 saturated carbocycles. The maximum Gasteiger partial charge on any atom is 0.393 e. The first-order valence-electron chi connectivity index (χ1n) is 8.47. The third kappa shape index (κ3) is 3.12. The molecule has 126 valence electrons. The van der Waals surface area contributed by atoms with E-state index in [4.69, 9.17) is 5.73 Å². The van der Waals surface area contributed by atoms with Gasteiger partial charge in [-0.25, -0.2) is 0 Å². The highest BCUT2D eigenvalue weighted by molar-refractivity contribution is 5.79. The summed E-state index contributed by atoms with van der Waals surface area (Å²) < 4.78 is 38.7. The minimum Gasteiger partial charge on any atom is -0.342 e. The Labute approximate surface area is 129 Å². The van der Waals surface area contributed by atoms with Crippen LogP contribution in [0.25, 0.3) is 0 Å². The maximum absolute atomic E-state index is 12.9. The molecule has 0 aromatic carbocycles. The smallest absolute Gasteiger partial charge is 0.342 e. The number of amides is 1. The van der Waals surface area contributed by atoms with Gasteiger partial charge in [-0.15, -0.1) is 0 Å². The van der Waals surface area contributed by atoms with Gasteiger partial charge in [-0.3, -0.25) is 4.79 Å². The molecular weight excluding hydrogens is 293 g/mol. The van der Waals surface area contributed by atoms with Crippen LogP contribution in [-0.2, 0) is 4.79 Å². The highest BCUT2D eigenvalue weighted by Gasteiger charge is 2.45. The number of carbonyl (C=O) groups is 1. The second kappa shape index (κ2) is 6.02. The second-order valence-electron chi connectivity index (χ2n) is 7.36. The van der Waals surface area contributed by atoms with Crippen LogP contribution in [0, 0.1) is 23.7 Å². The van der Waals surface area contributed by atoms with Gasteiger partial charge in [0.2, 0.25) is 5.91 Å². The molecule has 3 nitrogen and oxygen atoms in total. The average Bonchev–Trinajstić information content (AvgIpc) is 2.45. The number of fused-ring (bicyclic) bond motifs is 2. The second-order valence-corrected chi connectivity index (χ2v) is 7.36. The first-order valence-corrected chi connectivity index (χ1v) is 8.47. The number of likely N-dealkylation sites (tertiary alicyclic amines) is 1. The summed E-state index contributed by atoms with van der Waals surface area (Å²) in [7, 11) is 0. The summed E-state index contributed by atoms with van der Waals surface area (Å²) in [6.45, 7) is 0.323. The number of alkyl halides is 3. The van der Waals surface area contributed by atoms with Crippen molar-refractivity contribution in [2.75, 3.05) is 13.1 Å². The van der Waals surface area contributed by atoms with Crippen molar-refractivity contribution in [3.63, 3.8) is 0 Å². The summed E-state index contributed by atoms with van der Waals surface area (Å²) in [4.78, 5) is 14.2. The first-order chi connectivity index (χ1) is 10.4. The summed E-state index contributed by atoms with van der Waals surface area (Å²) in [5.74, 6) is -0.760. The fraction of sp³-hybridized carbons (Fsp3) is 0.938. The van der Waals surface area contributed by atoms with Crippen molar-refractivity contribution in [2.45, 2.75) is 57.2 Å². The van der Waals surface area contributed by atoms with Gasteiger partial charge >= 0.3 is 6.18 Å². The zero-order valence-electron chi connectivity index (χ0n) is 12.8. The van der Waals surface area contributed by atoms with Crippen LogP contribution in [0.4, 0.5) is 13.2 Å². The number of nitrogens with two attached hydrogens (primary N) is 1. The molecule has 0 aromatic heterocycles. The number of hydrogen-bond acceptors (Lipinski definition) is 2. The Bertz CT molecular complexity index is 412. The molecule has 6 heteroatoms. The van der Waals surface area contributed by atoms with E-state index in [9.17, 15) is 18.0 Å². The summed E-state index contributed by atoms with van der Waals surface area (Å²) in [5, 5.41) is 0. The largest absolute Gasteiger partial charge is 0.393 e. The van der Waals surface area contributed by atoms with E-state index in [2.05, 4.69) is 0 Å². The Morgan fingerprint density at radius 3 is 2.27 bits per heavy atom. The van der Waals surface area contributed by atoms with Crippen molar-refractivity contribution in [3.8, 4) is 0 Å². The Hall–Kier alpha value is -0.780. The van der Waals surface area contributed by atoms with Gasteiger partial charge in [0.1, 0.15) is 0 Å². The third-order valence-corrected chi connectivity index (χ3v) is 5.96. The Morgan fingerprint density at radius 1 is 1.05 bits per heavy atom. The van der Waals surface area contributed by atoms with Crippen molar-refractivity contribution >= 4 is 5.91 Å². The number of nitrogens with zero attached hydrogens (tertiary/aromatic N) is 1. The van der Waals surface area contributed by atoms with Gasteiger partial charge < -0.3 is 10.6 Å². The van der Waals surface area contributed by atoms with Gasteiger partial charge in [0.15, 0.2) is 0 Å². The monoisotopic (exact) mass is 318 g/mol. The number of hydrogen-bond donors (Lipinski definition) is 1. The SMILES string of the molecule is NC1C2CCCC1CC(C(=O)N1CCCC(C(F)(F)F)C1)C2. The summed E-state index contributed by atoms with van der Waals surface area (Å²) in [6.07, 6.45) is 1.24. The van der Waals surface area contributed by atoms with E-state index in [0.717, 1.165) is 25.7 Å². The minimum atomic E-state index is -4.19. The fourth-order valence-electron chi connectivity index (χ4n) is 4.69. The molecule has 3 aliphatic rings. The molecular formula is C16H25F3N2O. The predicted molar refractivity (Wildman–Crippen MR) is 76.9 cm³/mol. The molecule has 1 amide bonds. The molecule has 22 heavy (non-hydrogen) atoms. The minimum absolute atomic E-state index is 0.0576. The highest BCUT2D eigenvalue weighted by atomic mass is 19.4.